The molecular weight excluding hydrogens is 186 g/mol. The van der Waals surface area contributed by atoms with Crippen LogP contribution in [0.3, 0.4) is 0 Å². The van der Waals surface area contributed by atoms with Gasteiger partial charge in [-0.05, 0) is 29.3 Å². The zero-order chi connectivity index (χ0) is 10.8. The minimum atomic E-state index is -0.282. The van der Waals surface area contributed by atoms with Crippen molar-refractivity contribution in [1.82, 2.24) is 0 Å². The number of benzene rings is 2. The summed E-state index contributed by atoms with van der Waals surface area (Å²) in [4.78, 5) is 0. The van der Waals surface area contributed by atoms with Crippen molar-refractivity contribution in [2.75, 3.05) is 6.61 Å². The van der Waals surface area contributed by atoms with Gasteiger partial charge in [-0.15, -0.1) is 0 Å². The average molecular weight is 201 g/mol. The molecule has 78 valence electrons. The lowest BCUT2D eigenvalue weighted by Crippen LogP contribution is -2.14. The van der Waals surface area contributed by atoms with Gasteiger partial charge in [0.2, 0.25) is 0 Å². The van der Waals surface area contributed by atoms with Gasteiger partial charge < -0.3 is 10.8 Å². The number of rotatable bonds is 2. The van der Waals surface area contributed by atoms with Crippen LogP contribution in [0.25, 0.3) is 10.8 Å². The Morgan fingerprint density at radius 2 is 1.80 bits per heavy atom. The van der Waals surface area contributed by atoms with Crippen molar-refractivity contribution in [3.8, 4) is 0 Å². The van der Waals surface area contributed by atoms with Gasteiger partial charge in [-0.3, -0.25) is 0 Å². The molecule has 2 aromatic carbocycles. The highest BCUT2D eigenvalue weighted by atomic mass is 16.3. The number of hydrogen-bond acceptors (Lipinski definition) is 2. The van der Waals surface area contributed by atoms with Crippen LogP contribution in [0.5, 0.6) is 0 Å². The van der Waals surface area contributed by atoms with E-state index in [2.05, 4.69) is 25.1 Å². The number of aliphatic hydroxyl groups is 1. The van der Waals surface area contributed by atoms with Crippen LogP contribution in [0.15, 0.2) is 36.4 Å². The smallest absolute Gasteiger partial charge is 0.0624 e. The zero-order valence-corrected chi connectivity index (χ0v) is 8.77. The number of hydrogen-bond donors (Lipinski definition) is 2. The Morgan fingerprint density at radius 3 is 2.53 bits per heavy atom. The molecule has 2 heteroatoms. The molecule has 0 aliphatic carbocycles. The predicted octanol–water partition coefficient (Wildman–Crippen LogP) is 2.14. The normalized spacial score (nSPS) is 13.0. The van der Waals surface area contributed by atoms with Crippen molar-refractivity contribution < 1.29 is 5.11 Å². The van der Waals surface area contributed by atoms with Crippen LogP contribution in [0, 0.1) is 6.92 Å². The first-order valence-corrected chi connectivity index (χ1v) is 5.07. The highest BCUT2D eigenvalue weighted by Gasteiger charge is 2.04. The second-order valence-corrected chi connectivity index (χ2v) is 3.90. The topological polar surface area (TPSA) is 46.2 Å². The van der Waals surface area contributed by atoms with E-state index in [4.69, 9.17) is 10.8 Å². The summed E-state index contributed by atoms with van der Waals surface area (Å²) in [5.74, 6) is 0. The van der Waals surface area contributed by atoms with Crippen molar-refractivity contribution >= 4 is 10.8 Å². The van der Waals surface area contributed by atoms with Crippen LogP contribution >= 0.6 is 0 Å². The maximum absolute atomic E-state index is 8.98. The number of aryl methyl sites for hydroxylation is 1. The van der Waals surface area contributed by atoms with Gasteiger partial charge in [-0.1, -0.05) is 35.9 Å². The number of fused-ring (bicyclic) bond motifs is 1. The molecule has 1 atom stereocenters. The third kappa shape index (κ3) is 2.01. The fourth-order valence-electron chi connectivity index (χ4n) is 1.72. The molecule has 15 heavy (non-hydrogen) atoms. The van der Waals surface area contributed by atoms with Gasteiger partial charge in [0.05, 0.1) is 12.6 Å². The molecule has 0 amide bonds. The standard InChI is InChI=1S/C13H15NO/c1-9-2-3-11-7-12(13(14)8-15)5-4-10(11)6-9/h2-7,13,15H,8,14H2,1H3. The van der Waals surface area contributed by atoms with Gasteiger partial charge in [0.25, 0.3) is 0 Å². The third-order valence-corrected chi connectivity index (χ3v) is 2.64. The van der Waals surface area contributed by atoms with E-state index in [1.54, 1.807) is 0 Å². The fraction of sp³-hybridized carbons (Fsp3) is 0.231. The van der Waals surface area contributed by atoms with Crippen LogP contribution in [0.1, 0.15) is 17.2 Å². The SMILES string of the molecule is Cc1ccc2cc(C(N)CO)ccc2c1. The molecule has 3 N–H and O–H groups in total. The zero-order valence-electron chi connectivity index (χ0n) is 8.77. The summed E-state index contributed by atoms with van der Waals surface area (Å²) in [6.07, 6.45) is 0. The lowest BCUT2D eigenvalue weighted by molar-refractivity contribution is 0.268. The lowest BCUT2D eigenvalue weighted by Gasteiger charge is -2.09. The van der Waals surface area contributed by atoms with Gasteiger partial charge in [-0.25, -0.2) is 0 Å². The van der Waals surface area contributed by atoms with E-state index in [-0.39, 0.29) is 12.6 Å². The van der Waals surface area contributed by atoms with E-state index in [0.717, 1.165) is 5.56 Å². The maximum atomic E-state index is 8.98. The summed E-state index contributed by atoms with van der Waals surface area (Å²) in [7, 11) is 0. The molecule has 0 saturated heterocycles. The van der Waals surface area contributed by atoms with Gasteiger partial charge in [0.1, 0.15) is 0 Å². The Balaban J connectivity index is 2.52. The van der Waals surface area contributed by atoms with Crippen LogP contribution in [-0.4, -0.2) is 11.7 Å². The summed E-state index contributed by atoms with van der Waals surface area (Å²) in [5.41, 5.74) is 8.00. The van der Waals surface area contributed by atoms with E-state index >= 15 is 0 Å². The summed E-state index contributed by atoms with van der Waals surface area (Å²) in [6.45, 7) is 2.06. The Hall–Kier alpha value is -1.38. The third-order valence-electron chi connectivity index (χ3n) is 2.64. The van der Waals surface area contributed by atoms with Crippen molar-refractivity contribution in [2.24, 2.45) is 5.73 Å². The maximum Gasteiger partial charge on any atom is 0.0624 e. The first-order chi connectivity index (χ1) is 7.20. The second kappa shape index (κ2) is 4.01. The van der Waals surface area contributed by atoms with E-state index in [0.29, 0.717) is 0 Å². The molecule has 1 unspecified atom stereocenters. The second-order valence-electron chi connectivity index (χ2n) is 3.90. The van der Waals surface area contributed by atoms with E-state index < -0.39 is 0 Å². The summed E-state index contributed by atoms with van der Waals surface area (Å²) in [5, 5.41) is 11.4. The minimum absolute atomic E-state index is 0.0165. The Kier molecular flexibility index (Phi) is 2.71. The van der Waals surface area contributed by atoms with Gasteiger partial charge in [-0.2, -0.15) is 0 Å². The van der Waals surface area contributed by atoms with E-state index in [1.165, 1.54) is 16.3 Å². The van der Waals surface area contributed by atoms with Gasteiger partial charge in [0, 0.05) is 0 Å². The first kappa shape index (κ1) is 10.1. The first-order valence-electron chi connectivity index (χ1n) is 5.07. The van der Waals surface area contributed by atoms with Crippen molar-refractivity contribution in [1.29, 1.82) is 0 Å². The summed E-state index contributed by atoms with van der Waals surface area (Å²) < 4.78 is 0. The number of nitrogens with two attached hydrogens (primary N) is 1. The molecule has 2 nitrogen and oxygen atoms in total. The molecule has 0 aliphatic heterocycles. The largest absolute Gasteiger partial charge is 0.394 e. The Bertz CT molecular complexity index is 479. The molecule has 0 aliphatic rings. The molecule has 0 bridgehead atoms. The molecule has 0 spiro atoms. The Labute approximate surface area is 89.3 Å². The molecule has 2 aromatic rings. The van der Waals surface area contributed by atoms with Gasteiger partial charge >= 0.3 is 0 Å². The van der Waals surface area contributed by atoms with Crippen LogP contribution in [-0.2, 0) is 0 Å². The average Bonchev–Trinajstić information content (AvgIpc) is 2.27. The predicted molar refractivity (Wildman–Crippen MR) is 62.7 cm³/mol. The molecule has 0 saturated carbocycles. The van der Waals surface area contributed by atoms with Crippen LogP contribution < -0.4 is 5.73 Å². The molecular formula is C13H15NO. The minimum Gasteiger partial charge on any atom is -0.394 e. The van der Waals surface area contributed by atoms with E-state index in [9.17, 15) is 0 Å². The Morgan fingerprint density at radius 1 is 1.13 bits per heavy atom. The molecule has 0 aromatic heterocycles. The lowest BCUT2D eigenvalue weighted by atomic mass is 10.0. The van der Waals surface area contributed by atoms with Gasteiger partial charge in [0.15, 0.2) is 0 Å². The molecule has 2 rings (SSSR count). The fourth-order valence-corrected chi connectivity index (χ4v) is 1.72. The molecule has 0 fully saturated rings. The van der Waals surface area contributed by atoms with Crippen LogP contribution in [0.2, 0.25) is 0 Å². The summed E-state index contributed by atoms with van der Waals surface area (Å²) in [6, 6.07) is 12.1. The van der Waals surface area contributed by atoms with Crippen molar-refractivity contribution in [3.05, 3.63) is 47.5 Å². The monoisotopic (exact) mass is 201 g/mol. The van der Waals surface area contributed by atoms with Crippen LogP contribution in [0.4, 0.5) is 0 Å². The van der Waals surface area contributed by atoms with Crippen molar-refractivity contribution in [2.45, 2.75) is 13.0 Å². The van der Waals surface area contributed by atoms with Crippen molar-refractivity contribution in [3.63, 3.8) is 0 Å². The van der Waals surface area contributed by atoms with E-state index in [1.807, 2.05) is 18.2 Å². The number of aliphatic hydroxyl groups excluding tert-OH is 1. The molecule has 0 heterocycles. The molecule has 0 radical (unpaired) electrons. The quantitative estimate of drug-likeness (QED) is 0.782. The highest BCUT2D eigenvalue weighted by Crippen LogP contribution is 2.20. The highest BCUT2D eigenvalue weighted by molar-refractivity contribution is 5.83. The summed E-state index contributed by atoms with van der Waals surface area (Å²) >= 11 is 0.